The van der Waals surface area contributed by atoms with Crippen LogP contribution >= 0.6 is 15.8 Å². The summed E-state index contributed by atoms with van der Waals surface area (Å²) in [6, 6.07) is 43.8. The topological polar surface area (TPSA) is 0 Å². The Kier molecular flexibility index (Phi) is 8.80. The van der Waals surface area contributed by atoms with Crippen LogP contribution in [-0.2, 0) is 20.4 Å². The molecule has 4 rings (SSSR count). The van der Waals surface area contributed by atoms with Gasteiger partial charge in [0.25, 0.3) is 0 Å². The van der Waals surface area contributed by atoms with Crippen LogP contribution in [0.1, 0.15) is 0 Å². The molecule has 148 valence electrons. The molecule has 0 N–H and O–H groups in total. The quantitative estimate of drug-likeness (QED) is 0.180. The molecule has 0 amide bonds. The van der Waals surface area contributed by atoms with Gasteiger partial charge in [-0.15, -0.1) is 6.16 Å². The van der Waals surface area contributed by atoms with Gasteiger partial charge in [-0.1, -0.05) is 140 Å². The maximum atomic E-state index is 2.58. The Labute approximate surface area is 190 Å². The summed E-state index contributed by atoms with van der Waals surface area (Å²) in [5.41, 5.74) is 0. The van der Waals surface area contributed by atoms with Gasteiger partial charge in [-0.05, 0) is 10.6 Å². The third kappa shape index (κ3) is 5.95. The monoisotopic (exact) mass is 503 g/mol. The third-order valence-electron chi connectivity index (χ3n) is 4.65. The van der Waals surface area contributed by atoms with Crippen LogP contribution in [0.15, 0.2) is 121 Å². The first-order chi connectivity index (χ1) is 13.9. The molecule has 0 bridgehead atoms. The zero-order valence-electron chi connectivity index (χ0n) is 16.0. The maximum Gasteiger partial charge on any atom is 0 e. The normalized spacial score (nSPS) is 10.7. The van der Waals surface area contributed by atoms with E-state index in [0.29, 0.717) is 0 Å². The fourth-order valence-electron chi connectivity index (χ4n) is 3.28. The Morgan fingerprint density at radius 1 is 0.448 bits per heavy atom. The summed E-state index contributed by atoms with van der Waals surface area (Å²) in [7, 11) is -0.876. The first kappa shape index (κ1) is 22.1. The Balaban J connectivity index is 0.00000240. The van der Waals surface area contributed by atoms with E-state index in [9.17, 15) is 0 Å². The molecule has 3 heteroatoms. The van der Waals surface area contributed by atoms with Crippen LogP contribution in [0.5, 0.6) is 0 Å². The van der Waals surface area contributed by atoms with Crippen molar-refractivity contribution >= 4 is 37.1 Å². The van der Waals surface area contributed by atoms with Crippen molar-refractivity contribution < 1.29 is 20.4 Å². The molecule has 0 radical (unpaired) electrons. The predicted octanol–water partition coefficient (Wildman–Crippen LogP) is 5.41. The van der Waals surface area contributed by atoms with E-state index in [4.69, 9.17) is 0 Å². The summed E-state index contributed by atoms with van der Waals surface area (Å²) in [5, 5.41) is 5.71. The molecular weight excluding hydrogens is 481 g/mol. The van der Waals surface area contributed by atoms with Gasteiger partial charge in [-0.25, -0.2) is 7.92 Å². The Morgan fingerprint density at radius 3 is 1.10 bits per heavy atom. The molecular formula is C26H23P2Pd-. The van der Waals surface area contributed by atoms with Gasteiger partial charge in [0, 0.05) is 20.4 Å². The van der Waals surface area contributed by atoms with E-state index in [1.165, 1.54) is 21.2 Å². The van der Waals surface area contributed by atoms with Gasteiger partial charge < -0.3 is 0 Å². The van der Waals surface area contributed by atoms with E-state index < -0.39 is 15.8 Å². The SMILES string of the molecule is [Pd].c1ccc(P([CH-]CP(c2ccccc2)c2ccccc2)c2ccccc2)cc1. The average molecular weight is 504 g/mol. The number of hydrogen-bond acceptors (Lipinski definition) is 0. The standard InChI is InChI=1S/C26H23P2.Pd/c1-5-13-23(14-6-1)27(24-15-7-2-8-16-24)21-22-28(25-17-9-3-10-18-25)26-19-11-4-12-20-26;/h1-21H,22H2;/q-1;. The molecule has 0 saturated heterocycles. The third-order valence-corrected chi connectivity index (χ3v) is 9.59. The van der Waals surface area contributed by atoms with E-state index in [2.05, 4.69) is 127 Å². The van der Waals surface area contributed by atoms with E-state index in [1.807, 2.05) is 0 Å². The van der Waals surface area contributed by atoms with Crippen molar-refractivity contribution in [1.82, 2.24) is 0 Å². The van der Waals surface area contributed by atoms with Gasteiger partial charge in [-0.2, -0.15) is 0 Å². The number of hydrogen-bond donors (Lipinski definition) is 0. The first-order valence-electron chi connectivity index (χ1n) is 9.52. The van der Waals surface area contributed by atoms with Gasteiger partial charge in [0.1, 0.15) is 0 Å². The van der Waals surface area contributed by atoms with E-state index >= 15 is 0 Å². The molecule has 4 aromatic rings. The van der Waals surface area contributed by atoms with Crippen molar-refractivity contribution in [2.45, 2.75) is 0 Å². The second-order valence-corrected chi connectivity index (χ2v) is 10.9. The number of benzene rings is 4. The first-order valence-corrected chi connectivity index (χ1v) is 12.5. The van der Waals surface area contributed by atoms with Crippen LogP contribution in [0.4, 0.5) is 0 Å². The Morgan fingerprint density at radius 2 is 0.759 bits per heavy atom. The van der Waals surface area contributed by atoms with Crippen LogP contribution in [0.25, 0.3) is 0 Å². The number of rotatable bonds is 7. The largest absolute Gasteiger partial charge is 0.289 e. The molecule has 0 aliphatic heterocycles. The molecule has 0 unspecified atom stereocenters. The fraction of sp³-hybridized carbons (Fsp3) is 0.0385. The van der Waals surface area contributed by atoms with Crippen LogP contribution in [0, 0.1) is 6.16 Å². The van der Waals surface area contributed by atoms with Crippen molar-refractivity contribution in [3.8, 4) is 0 Å². The van der Waals surface area contributed by atoms with Crippen molar-refractivity contribution in [3.63, 3.8) is 0 Å². The Bertz CT molecular complexity index is 798. The van der Waals surface area contributed by atoms with Crippen LogP contribution < -0.4 is 21.2 Å². The molecule has 0 spiro atoms. The van der Waals surface area contributed by atoms with Gasteiger partial charge in [0.15, 0.2) is 0 Å². The molecule has 0 aliphatic carbocycles. The zero-order valence-corrected chi connectivity index (χ0v) is 19.4. The summed E-state index contributed by atoms with van der Waals surface area (Å²) in [5.74, 6) is 0. The van der Waals surface area contributed by atoms with Crippen molar-refractivity contribution in [3.05, 3.63) is 127 Å². The fourth-order valence-corrected chi connectivity index (χ4v) is 8.07. The predicted molar refractivity (Wildman–Crippen MR) is 127 cm³/mol. The molecule has 0 aromatic heterocycles. The molecule has 0 aliphatic rings. The summed E-state index contributed by atoms with van der Waals surface area (Å²) < 4.78 is 0. The molecule has 0 nitrogen and oxygen atoms in total. The van der Waals surface area contributed by atoms with Gasteiger partial charge in [0.05, 0.1) is 0 Å². The van der Waals surface area contributed by atoms with Gasteiger partial charge >= 0.3 is 0 Å². The molecule has 29 heavy (non-hydrogen) atoms. The molecule has 0 fully saturated rings. The molecule has 0 heterocycles. The van der Waals surface area contributed by atoms with Crippen LogP contribution in [0.2, 0.25) is 0 Å². The van der Waals surface area contributed by atoms with E-state index in [1.54, 1.807) is 0 Å². The second kappa shape index (κ2) is 11.6. The minimum atomic E-state index is -0.473. The zero-order chi connectivity index (χ0) is 19.0. The summed E-state index contributed by atoms with van der Waals surface area (Å²) in [6.07, 6.45) is 3.66. The maximum absolute atomic E-state index is 2.58. The van der Waals surface area contributed by atoms with Crippen LogP contribution in [-0.4, -0.2) is 6.16 Å². The van der Waals surface area contributed by atoms with Gasteiger partial charge in [0.2, 0.25) is 0 Å². The van der Waals surface area contributed by atoms with Crippen molar-refractivity contribution in [2.75, 3.05) is 6.16 Å². The second-order valence-electron chi connectivity index (χ2n) is 6.51. The van der Waals surface area contributed by atoms with Gasteiger partial charge in [-0.3, -0.25) is 6.16 Å². The minimum absolute atomic E-state index is 0. The molecule has 0 saturated carbocycles. The van der Waals surface area contributed by atoms with Crippen molar-refractivity contribution in [2.24, 2.45) is 0 Å². The molecule has 4 aromatic carbocycles. The smallest absolute Gasteiger partial charge is 0 e. The summed E-state index contributed by atoms with van der Waals surface area (Å²) in [4.78, 5) is 0. The average Bonchev–Trinajstić information content (AvgIpc) is 2.79. The minimum Gasteiger partial charge on any atom is -0.289 e. The van der Waals surface area contributed by atoms with Crippen molar-refractivity contribution in [1.29, 1.82) is 0 Å². The Hall–Kier alpha value is -1.60. The van der Waals surface area contributed by atoms with E-state index in [0.717, 1.165) is 6.16 Å². The van der Waals surface area contributed by atoms with Crippen LogP contribution in [0.3, 0.4) is 0 Å². The summed E-state index contributed by atoms with van der Waals surface area (Å²) in [6.45, 7) is 0. The molecule has 0 atom stereocenters. The van der Waals surface area contributed by atoms with E-state index in [-0.39, 0.29) is 20.4 Å². The summed E-state index contributed by atoms with van der Waals surface area (Å²) >= 11 is 0.